The SMILES string of the molecule is CSCC[C@H](N)C(=O)NCc1cccnc1OC(C)C. The lowest BCUT2D eigenvalue weighted by molar-refractivity contribution is -0.122. The summed E-state index contributed by atoms with van der Waals surface area (Å²) in [5.41, 5.74) is 6.67. The van der Waals surface area contributed by atoms with Crippen molar-refractivity contribution >= 4 is 17.7 Å². The summed E-state index contributed by atoms with van der Waals surface area (Å²) in [6, 6.07) is 3.24. The zero-order valence-corrected chi connectivity index (χ0v) is 13.1. The standard InChI is InChI=1S/C14H23N3O2S/c1-10(2)19-14-11(5-4-7-16-14)9-17-13(18)12(15)6-8-20-3/h4-5,7,10,12H,6,8-9,15H2,1-3H3,(H,17,18)/t12-/m0/s1. The number of pyridine rings is 1. The Hall–Kier alpha value is -1.27. The van der Waals surface area contributed by atoms with Crippen LogP contribution in [0.4, 0.5) is 0 Å². The number of amides is 1. The molecule has 112 valence electrons. The molecule has 1 aromatic rings. The van der Waals surface area contributed by atoms with E-state index in [0.717, 1.165) is 11.3 Å². The van der Waals surface area contributed by atoms with Crippen LogP contribution in [-0.2, 0) is 11.3 Å². The molecule has 0 aliphatic rings. The van der Waals surface area contributed by atoms with Crippen LogP contribution < -0.4 is 15.8 Å². The molecule has 1 atom stereocenters. The molecular formula is C14H23N3O2S. The van der Waals surface area contributed by atoms with E-state index in [1.54, 1.807) is 18.0 Å². The number of carbonyl (C=O) groups is 1. The Bertz CT molecular complexity index is 427. The van der Waals surface area contributed by atoms with Crippen molar-refractivity contribution in [2.24, 2.45) is 5.73 Å². The molecule has 1 amide bonds. The lowest BCUT2D eigenvalue weighted by Crippen LogP contribution is -2.40. The topological polar surface area (TPSA) is 77.2 Å². The lowest BCUT2D eigenvalue weighted by Gasteiger charge is -2.15. The fraction of sp³-hybridized carbons (Fsp3) is 0.571. The molecule has 1 aromatic heterocycles. The first-order chi connectivity index (χ1) is 9.54. The van der Waals surface area contributed by atoms with Gasteiger partial charge in [-0.3, -0.25) is 4.79 Å². The molecule has 0 unspecified atom stereocenters. The predicted molar refractivity (Wildman–Crippen MR) is 82.8 cm³/mol. The molecule has 0 saturated carbocycles. The van der Waals surface area contributed by atoms with Gasteiger partial charge in [0.15, 0.2) is 0 Å². The Kier molecular flexibility index (Phi) is 7.40. The molecule has 1 rings (SSSR count). The Morgan fingerprint density at radius 1 is 1.55 bits per heavy atom. The van der Waals surface area contributed by atoms with Crippen LogP contribution >= 0.6 is 11.8 Å². The van der Waals surface area contributed by atoms with Crippen LogP contribution in [0.15, 0.2) is 18.3 Å². The van der Waals surface area contributed by atoms with Crippen molar-refractivity contribution in [3.8, 4) is 5.88 Å². The third-order valence-electron chi connectivity index (χ3n) is 2.62. The molecule has 3 N–H and O–H groups in total. The molecule has 1 heterocycles. The van der Waals surface area contributed by atoms with Gasteiger partial charge in [0.25, 0.3) is 0 Å². The zero-order valence-electron chi connectivity index (χ0n) is 12.3. The highest BCUT2D eigenvalue weighted by Gasteiger charge is 2.14. The predicted octanol–water partition coefficient (Wildman–Crippen LogP) is 1.57. The van der Waals surface area contributed by atoms with Crippen molar-refractivity contribution in [3.63, 3.8) is 0 Å². The lowest BCUT2D eigenvalue weighted by atomic mass is 10.2. The van der Waals surface area contributed by atoms with Gasteiger partial charge in [0.05, 0.1) is 12.1 Å². The van der Waals surface area contributed by atoms with Gasteiger partial charge in [-0.15, -0.1) is 0 Å². The number of ether oxygens (including phenoxy) is 1. The van der Waals surface area contributed by atoms with Crippen LogP contribution in [0.1, 0.15) is 25.8 Å². The van der Waals surface area contributed by atoms with Crippen LogP contribution in [0.3, 0.4) is 0 Å². The number of hydrogen-bond donors (Lipinski definition) is 2. The molecule has 0 saturated heterocycles. The Morgan fingerprint density at radius 2 is 2.30 bits per heavy atom. The molecule has 0 fully saturated rings. The van der Waals surface area contributed by atoms with E-state index in [0.29, 0.717) is 18.8 Å². The molecule has 5 nitrogen and oxygen atoms in total. The van der Waals surface area contributed by atoms with Crippen molar-refractivity contribution in [1.82, 2.24) is 10.3 Å². The number of nitrogens with one attached hydrogen (secondary N) is 1. The van der Waals surface area contributed by atoms with Gasteiger partial charge >= 0.3 is 0 Å². The maximum atomic E-state index is 11.8. The van der Waals surface area contributed by atoms with E-state index in [2.05, 4.69) is 10.3 Å². The van der Waals surface area contributed by atoms with Crippen molar-refractivity contribution in [1.29, 1.82) is 0 Å². The van der Waals surface area contributed by atoms with Gasteiger partial charge in [-0.05, 0) is 38.3 Å². The van der Waals surface area contributed by atoms with Gasteiger partial charge in [0, 0.05) is 18.3 Å². The van der Waals surface area contributed by atoms with Gasteiger partial charge in [0.1, 0.15) is 0 Å². The van der Waals surface area contributed by atoms with E-state index in [4.69, 9.17) is 10.5 Å². The minimum Gasteiger partial charge on any atom is -0.475 e. The quantitative estimate of drug-likeness (QED) is 0.761. The highest BCUT2D eigenvalue weighted by Crippen LogP contribution is 2.15. The summed E-state index contributed by atoms with van der Waals surface area (Å²) >= 11 is 1.68. The van der Waals surface area contributed by atoms with Crippen LogP contribution in [0.5, 0.6) is 5.88 Å². The van der Waals surface area contributed by atoms with E-state index in [-0.39, 0.29) is 12.0 Å². The summed E-state index contributed by atoms with van der Waals surface area (Å²) in [4.78, 5) is 16.0. The first-order valence-electron chi connectivity index (χ1n) is 6.67. The summed E-state index contributed by atoms with van der Waals surface area (Å²) in [6.07, 6.45) is 4.39. The van der Waals surface area contributed by atoms with E-state index >= 15 is 0 Å². The smallest absolute Gasteiger partial charge is 0.237 e. The Balaban J connectivity index is 2.54. The molecule has 0 aliphatic heterocycles. The molecule has 0 aliphatic carbocycles. The second-order valence-corrected chi connectivity index (χ2v) is 5.73. The number of thioether (sulfide) groups is 1. The average molecular weight is 297 g/mol. The van der Waals surface area contributed by atoms with Gasteiger partial charge in [-0.1, -0.05) is 6.07 Å². The van der Waals surface area contributed by atoms with Crippen LogP contribution in [0.25, 0.3) is 0 Å². The van der Waals surface area contributed by atoms with Gasteiger partial charge in [-0.2, -0.15) is 11.8 Å². The molecule has 20 heavy (non-hydrogen) atoms. The maximum Gasteiger partial charge on any atom is 0.237 e. The fourth-order valence-corrected chi connectivity index (χ4v) is 2.07. The monoisotopic (exact) mass is 297 g/mol. The molecule has 0 bridgehead atoms. The largest absolute Gasteiger partial charge is 0.475 e. The van der Waals surface area contributed by atoms with E-state index in [9.17, 15) is 4.79 Å². The maximum absolute atomic E-state index is 11.8. The van der Waals surface area contributed by atoms with Crippen molar-refractivity contribution in [2.75, 3.05) is 12.0 Å². The van der Waals surface area contributed by atoms with Crippen molar-refractivity contribution in [2.45, 2.75) is 39.0 Å². The highest BCUT2D eigenvalue weighted by molar-refractivity contribution is 7.98. The van der Waals surface area contributed by atoms with E-state index in [1.807, 2.05) is 32.2 Å². The Labute approximate surface area is 124 Å². The number of hydrogen-bond acceptors (Lipinski definition) is 5. The number of nitrogens with zero attached hydrogens (tertiary/aromatic N) is 1. The first kappa shape index (κ1) is 16.8. The third-order valence-corrected chi connectivity index (χ3v) is 3.26. The summed E-state index contributed by atoms with van der Waals surface area (Å²) in [5.74, 6) is 1.29. The number of rotatable bonds is 8. The van der Waals surface area contributed by atoms with Gasteiger partial charge in [-0.25, -0.2) is 4.98 Å². The highest BCUT2D eigenvalue weighted by atomic mass is 32.2. The van der Waals surface area contributed by atoms with Crippen molar-refractivity contribution < 1.29 is 9.53 Å². The van der Waals surface area contributed by atoms with Crippen LogP contribution in [0.2, 0.25) is 0 Å². The molecule has 0 spiro atoms. The molecule has 6 heteroatoms. The van der Waals surface area contributed by atoms with Crippen LogP contribution in [0, 0.1) is 0 Å². The van der Waals surface area contributed by atoms with Crippen molar-refractivity contribution in [3.05, 3.63) is 23.9 Å². The first-order valence-corrected chi connectivity index (χ1v) is 8.06. The summed E-state index contributed by atoms with van der Waals surface area (Å²) in [5, 5.41) is 2.83. The summed E-state index contributed by atoms with van der Waals surface area (Å²) in [7, 11) is 0. The second kappa shape index (κ2) is 8.81. The average Bonchev–Trinajstić information content (AvgIpc) is 2.42. The number of aromatic nitrogens is 1. The summed E-state index contributed by atoms with van der Waals surface area (Å²) in [6.45, 7) is 4.26. The van der Waals surface area contributed by atoms with E-state index in [1.165, 1.54) is 0 Å². The molecular weight excluding hydrogens is 274 g/mol. The van der Waals surface area contributed by atoms with Gasteiger partial charge in [0.2, 0.25) is 11.8 Å². The summed E-state index contributed by atoms with van der Waals surface area (Å²) < 4.78 is 5.61. The van der Waals surface area contributed by atoms with E-state index < -0.39 is 6.04 Å². The number of carbonyl (C=O) groups excluding carboxylic acids is 1. The minimum atomic E-state index is -0.464. The number of nitrogens with two attached hydrogens (primary N) is 1. The normalized spacial score (nSPS) is 12.2. The second-order valence-electron chi connectivity index (χ2n) is 4.74. The Morgan fingerprint density at radius 3 is 2.95 bits per heavy atom. The molecule has 0 aromatic carbocycles. The third kappa shape index (κ3) is 5.79. The molecule has 0 radical (unpaired) electrons. The van der Waals surface area contributed by atoms with Crippen LogP contribution in [-0.4, -0.2) is 35.0 Å². The minimum absolute atomic E-state index is 0.0446. The zero-order chi connectivity index (χ0) is 15.0. The fourth-order valence-electron chi connectivity index (χ4n) is 1.58. The van der Waals surface area contributed by atoms with Gasteiger partial charge < -0.3 is 15.8 Å².